The number of likely N-dealkylation sites (N-methyl/N-ethyl adjacent to an activating group) is 1. The summed E-state index contributed by atoms with van der Waals surface area (Å²) in [7, 11) is 1.89. The lowest BCUT2D eigenvalue weighted by molar-refractivity contribution is 0.103. The van der Waals surface area contributed by atoms with Gasteiger partial charge in [-0.25, -0.2) is 9.07 Å². The first-order valence-electron chi connectivity index (χ1n) is 5.61. The van der Waals surface area contributed by atoms with Crippen LogP contribution in [0.4, 0.5) is 10.2 Å². The molecule has 2 heterocycles. The molecular weight excluding hydrogens is 235 g/mol. The fraction of sp³-hybridized carbons (Fsp3) is 0.250. The minimum atomic E-state index is -0.364. The maximum Gasteiger partial charge on any atom is 0.217 e. The summed E-state index contributed by atoms with van der Waals surface area (Å²) in [5.74, 6) is 0.131. The van der Waals surface area contributed by atoms with Crippen LogP contribution in [0.1, 0.15) is 16.1 Å². The number of benzene rings is 1. The zero-order chi connectivity index (χ0) is 12.7. The van der Waals surface area contributed by atoms with Crippen LogP contribution in [0.15, 0.2) is 24.3 Å². The summed E-state index contributed by atoms with van der Waals surface area (Å²) in [4.78, 5) is 14.2. The number of rotatable bonds is 2. The molecule has 1 aromatic carbocycles. The maximum absolute atomic E-state index is 12.8. The van der Waals surface area contributed by atoms with E-state index in [-0.39, 0.29) is 11.6 Å². The highest BCUT2D eigenvalue weighted by atomic mass is 19.1. The predicted octanol–water partition coefficient (Wildman–Crippen LogP) is 1.10. The van der Waals surface area contributed by atoms with Crippen molar-refractivity contribution >= 4 is 11.6 Å². The van der Waals surface area contributed by atoms with Crippen molar-refractivity contribution in [3.63, 3.8) is 0 Å². The quantitative estimate of drug-likeness (QED) is 0.744. The van der Waals surface area contributed by atoms with Crippen LogP contribution in [-0.4, -0.2) is 34.4 Å². The average molecular weight is 246 g/mol. The first-order chi connectivity index (χ1) is 8.66. The summed E-state index contributed by atoms with van der Waals surface area (Å²) in [6, 6.07) is 5.44. The number of nitrogens with zero attached hydrogens (tertiary/aromatic N) is 4. The second-order valence-corrected chi connectivity index (χ2v) is 4.24. The van der Waals surface area contributed by atoms with Crippen molar-refractivity contribution in [2.24, 2.45) is 0 Å². The van der Waals surface area contributed by atoms with Gasteiger partial charge in [-0.05, 0) is 24.3 Å². The van der Waals surface area contributed by atoms with Crippen molar-refractivity contribution in [2.75, 3.05) is 18.5 Å². The number of fused-ring (bicyclic) bond motifs is 1. The molecule has 0 aliphatic carbocycles. The lowest BCUT2D eigenvalue weighted by atomic mass is 10.1. The molecule has 0 atom stereocenters. The Balaban J connectivity index is 2.01. The van der Waals surface area contributed by atoms with Gasteiger partial charge in [0.1, 0.15) is 5.82 Å². The van der Waals surface area contributed by atoms with E-state index >= 15 is 0 Å². The third-order valence-electron chi connectivity index (χ3n) is 3.04. The van der Waals surface area contributed by atoms with Crippen LogP contribution in [0.2, 0.25) is 0 Å². The van der Waals surface area contributed by atoms with E-state index in [1.807, 2.05) is 11.9 Å². The van der Waals surface area contributed by atoms with Gasteiger partial charge in [0, 0.05) is 19.2 Å². The van der Waals surface area contributed by atoms with Crippen LogP contribution in [0.25, 0.3) is 0 Å². The van der Waals surface area contributed by atoms with Gasteiger partial charge in [0.25, 0.3) is 0 Å². The number of carbonyl (C=O) groups excluding carboxylic acids is 1. The van der Waals surface area contributed by atoms with E-state index in [2.05, 4.69) is 10.3 Å². The molecule has 1 aliphatic rings. The summed E-state index contributed by atoms with van der Waals surface area (Å²) < 4.78 is 14.5. The maximum atomic E-state index is 12.8. The molecule has 0 N–H and O–H groups in total. The van der Waals surface area contributed by atoms with E-state index in [0.717, 1.165) is 18.9 Å². The molecule has 0 fully saturated rings. The molecule has 0 bridgehead atoms. The molecule has 0 saturated heterocycles. The number of hydrogen-bond donors (Lipinski definition) is 0. The number of halogens is 1. The average Bonchev–Trinajstić information content (AvgIpc) is 2.93. The lowest BCUT2D eigenvalue weighted by Crippen LogP contribution is -2.16. The Morgan fingerprint density at radius 2 is 2.00 bits per heavy atom. The van der Waals surface area contributed by atoms with Crippen LogP contribution < -0.4 is 4.90 Å². The summed E-state index contributed by atoms with van der Waals surface area (Å²) in [5, 5.41) is 7.86. The van der Waals surface area contributed by atoms with Gasteiger partial charge in [0.15, 0.2) is 11.5 Å². The molecule has 2 aromatic rings. The Morgan fingerprint density at radius 1 is 1.28 bits per heavy atom. The van der Waals surface area contributed by atoms with Gasteiger partial charge in [-0.2, -0.15) is 0 Å². The number of anilines is 1. The molecule has 0 radical (unpaired) electrons. The molecule has 5 nitrogen and oxygen atoms in total. The Labute approximate surface area is 103 Å². The number of hydrogen-bond acceptors (Lipinski definition) is 4. The predicted molar refractivity (Wildman–Crippen MR) is 63.1 cm³/mol. The number of ketones is 1. The van der Waals surface area contributed by atoms with Crippen molar-refractivity contribution < 1.29 is 9.18 Å². The molecular formula is C12H11FN4O. The molecule has 0 saturated carbocycles. The SMILES string of the molecule is CN1CCn2nnc(C(=O)c3ccc(F)cc3)c21. The van der Waals surface area contributed by atoms with Crippen molar-refractivity contribution in [2.45, 2.75) is 6.54 Å². The van der Waals surface area contributed by atoms with Crippen molar-refractivity contribution in [3.05, 3.63) is 41.3 Å². The minimum Gasteiger partial charge on any atom is -0.356 e. The summed E-state index contributed by atoms with van der Waals surface area (Å²) in [6.45, 7) is 1.55. The number of aromatic nitrogens is 3. The first-order valence-corrected chi connectivity index (χ1v) is 5.61. The zero-order valence-electron chi connectivity index (χ0n) is 9.80. The Morgan fingerprint density at radius 3 is 2.72 bits per heavy atom. The largest absolute Gasteiger partial charge is 0.356 e. The van der Waals surface area contributed by atoms with Crippen molar-refractivity contribution in [1.82, 2.24) is 15.0 Å². The molecule has 0 amide bonds. The number of carbonyl (C=O) groups is 1. The van der Waals surface area contributed by atoms with Crippen molar-refractivity contribution in [1.29, 1.82) is 0 Å². The highest BCUT2D eigenvalue weighted by Crippen LogP contribution is 2.24. The van der Waals surface area contributed by atoms with Gasteiger partial charge in [-0.15, -0.1) is 5.10 Å². The second-order valence-electron chi connectivity index (χ2n) is 4.24. The third kappa shape index (κ3) is 1.57. The van der Waals surface area contributed by atoms with Crippen LogP contribution in [-0.2, 0) is 6.54 Å². The highest BCUT2D eigenvalue weighted by molar-refractivity contribution is 6.10. The van der Waals surface area contributed by atoms with E-state index in [0.29, 0.717) is 11.3 Å². The topological polar surface area (TPSA) is 51.0 Å². The summed E-state index contributed by atoms with van der Waals surface area (Å²) in [6.07, 6.45) is 0. The third-order valence-corrected chi connectivity index (χ3v) is 3.04. The van der Waals surface area contributed by atoms with Gasteiger partial charge in [-0.1, -0.05) is 5.21 Å². The lowest BCUT2D eigenvalue weighted by Gasteiger charge is -2.09. The summed E-state index contributed by atoms with van der Waals surface area (Å²) >= 11 is 0. The molecule has 1 aromatic heterocycles. The Kier molecular flexibility index (Phi) is 2.36. The standard InChI is InChI=1S/C12H11FN4O/c1-16-6-7-17-12(16)10(14-15-17)11(18)8-2-4-9(13)5-3-8/h2-5H,6-7H2,1H3. The zero-order valence-corrected chi connectivity index (χ0v) is 9.80. The van der Waals surface area contributed by atoms with Gasteiger partial charge in [-0.3, -0.25) is 4.79 Å². The van der Waals surface area contributed by atoms with Gasteiger partial charge >= 0.3 is 0 Å². The molecule has 0 unspecified atom stereocenters. The molecule has 6 heteroatoms. The molecule has 1 aliphatic heterocycles. The minimum absolute atomic E-state index is 0.231. The van der Waals surface area contributed by atoms with Crippen LogP contribution in [0.3, 0.4) is 0 Å². The molecule has 92 valence electrons. The van der Waals surface area contributed by atoms with Crippen LogP contribution in [0.5, 0.6) is 0 Å². The Bertz CT molecular complexity index is 605. The highest BCUT2D eigenvalue weighted by Gasteiger charge is 2.27. The van der Waals surface area contributed by atoms with Gasteiger partial charge < -0.3 is 4.90 Å². The fourth-order valence-corrected chi connectivity index (χ4v) is 2.07. The monoisotopic (exact) mass is 246 g/mol. The molecule has 3 rings (SSSR count). The van der Waals surface area contributed by atoms with E-state index in [9.17, 15) is 9.18 Å². The van der Waals surface area contributed by atoms with E-state index in [4.69, 9.17) is 0 Å². The fourth-order valence-electron chi connectivity index (χ4n) is 2.07. The van der Waals surface area contributed by atoms with Crippen molar-refractivity contribution in [3.8, 4) is 0 Å². The molecule has 18 heavy (non-hydrogen) atoms. The Hall–Kier alpha value is -2.24. The smallest absolute Gasteiger partial charge is 0.217 e. The second kappa shape index (κ2) is 3.90. The van der Waals surface area contributed by atoms with Gasteiger partial charge in [0.05, 0.1) is 6.54 Å². The van der Waals surface area contributed by atoms with E-state index < -0.39 is 0 Å². The van der Waals surface area contributed by atoms with Crippen LogP contribution in [0, 0.1) is 5.82 Å². The first kappa shape index (κ1) is 10.9. The normalized spacial score (nSPS) is 13.8. The van der Waals surface area contributed by atoms with E-state index in [1.54, 1.807) is 4.68 Å². The van der Waals surface area contributed by atoms with Gasteiger partial charge in [0.2, 0.25) is 5.78 Å². The van der Waals surface area contributed by atoms with Crippen LogP contribution >= 0.6 is 0 Å². The summed E-state index contributed by atoms with van der Waals surface area (Å²) in [5.41, 5.74) is 0.738. The molecule has 0 spiro atoms. The van der Waals surface area contributed by atoms with E-state index in [1.165, 1.54) is 24.3 Å².